The fraction of sp³-hybridized carbons (Fsp3) is 0.750. The first-order valence-electron chi connectivity index (χ1n) is 6.87. The van der Waals surface area contributed by atoms with Gasteiger partial charge in [-0.15, -0.1) is 0 Å². The fourth-order valence-corrected chi connectivity index (χ4v) is 4.40. The predicted octanol–water partition coefficient (Wildman–Crippen LogP) is 0.456. The van der Waals surface area contributed by atoms with E-state index in [1.165, 1.54) is 0 Å². The van der Waals surface area contributed by atoms with Gasteiger partial charge in [0.1, 0.15) is 5.82 Å². The first-order chi connectivity index (χ1) is 9.16. The van der Waals surface area contributed by atoms with Gasteiger partial charge in [0, 0.05) is 31.5 Å². The Hall–Kier alpha value is -0.920. The van der Waals surface area contributed by atoms with E-state index < -0.39 is 10.0 Å². The molecule has 1 aliphatic carbocycles. The summed E-state index contributed by atoms with van der Waals surface area (Å²) >= 11 is 0. The highest BCUT2D eigenvalue weighted by atomic mass is 32.2. The van der Waals surface area contributed by atoms with E-state index in [-0.39, 0.29) is 5.25 Å². The summed E-state index contributed by atoms with van der Waals surface area (Å²) in [7, 11) is -2.98. The summed E-state index contributed by atoms with van der Waals surface area (Å²) in [6.07, 6.45) is 7.00. The molecule has 2 heterocycles. The van der Waals surface area contributed by atoms with Gasteiger partial charge in [-0.3, -0.25) is 0 Å². The van der Waals surface area contributed by atoms with E-state index in [1.807, 2.05) is 6.20 Å². The van der Waals surface area contributed by atoms with E-state index in [1.54, 1.807) is 10.5 Å². The Labute approximate surface area is 113 Å². The average Bonchev–Trinajstić information content (AvgIpc) is 3.16. The molecule has 0 aromatic carbocycles. The number of nitrogens with zero attached hydrogens (tertiary/aromatic N) is 2. The van der Waals surface area contributed by atoms with Crippen molar-refractivity contribution in [3.05, 3.63) is 18.2 Å². The summed E-state index contributed by atoms with van der Waals surface area (Å²) in [5.74, 6) is 0.924. The van der Waals surface area contributed by atoms with Crippen molar-refractivity contribution in [2.75, 3.05) is 13.1 Å². The molecule has 19 heavy (non-hydrogen) atoms. The topological polar surface area (TPSA) is 78.1 Å². The fourth-order valence-electron chi connectivity index (χ4n) is 2.53. The van der Waals surface area contributed by atoms with Gasteiger partial charge in [0.2, 0.25) is 10.0 Å². The average molecular weight is 284 g/mol. The molecule has 2 N–H and O–H groups in total. The molecule has 1 aromatic rings. The molecule has 2 fully saturated rings. The smallest absolute Gasteiger partial charge is 0.216 e. The minimum atomic E-state index is -2.98. The Kier molecular flexibility index (Phi) is 3.60. The summed E-state index contributed by atoms with van der Waals surface area (Å²) in [6, 6.07) is 0.385. The van der Waals surface area contributed by atoms with Gasteiger partial charge in [-0.25, -0.2) is 17.7 Å². The van der Waals surface area contributed by atoms with Crippen molar-refractivity contribution in [1.29, 1.82) is 0 Å². The molecule has 0 unspecified atom stereocenters. The zero-order chi connectivity index (χ0) is 13.3. The monoisotopic (exact) mass is 284 g/mol. The van der Waals surface area contributed by atoms with E-state index in [2.05, 4.69) is 15.3 Å². The van der Waals surface area contributed by atoms with Crippen LogP contribution in [0.5, 0.6) is 0 Å². The molecule has 0 atom stereocenters. The molecule has 106 valence electrons. The minimum absolute atomic E-state index is 0.0832. The number of hydrogen-bond donors (Lipinski definition) is 2. The Bertz CT molecular complexity index is 502. The molecule has 7 heteroatoms. The molecule has 3 rings (SSSR count). The first-order valence-corrected chi connectivity index (χ1v) is 8.37. The van der Waals surface area contributed by atoms with Crippen molar-refractivity contribution in [1.82, 2.24) is 19.6 Å². The zero-order valence-electron chi connectivity index (χ0n) is 10.9. The molecule has 1 saturated carbocycles. The Morgan fingerprint density at radius 1 is 1.32 bits per heavy atom. The third kappa shape index (κ3) is 2.98. The Morgan fingerprint density at radius 2 is 2.05 bits per heavy atom. The number of sulfonamides is 1. The highest BCUT2D eigenvalue weighted by molar-refractivity contribution is 7.90. The maximum absolute atomic E-state index is 12.1. The van der Waals surface area contributed by atoms with Crippen molar-refractivity contribution in [2.24, 2.45) is 0 Å². The van der Waals surface area contributed by atoms with Crippen molar-refractivity contribution < 1.29 is 8.42 Å². The van der Waals surface area contributed by atoms with Crippen LogP contribution in [-0.2, 0) is 16.6 Å². The molecule has 0 bridgehead atoms. The van der Waals surface area contributed by atoms with Gasteiger partial charge < -0.3 is 10.3 Å². The minimum Gasteiger partial charge on any atom is -0.348 e. The highest BCUT2D eigenvalue weighted by Crippen LogP contribution is 2.32. The lowest BCUT2D eigenvalue weighted by molar-refractivity contribution is 0.287. The van der Waals surface area contributed by atoms with Crippen LogP contribution in [0.1, 0.15) is 31.5 Å². The van der Waals surface area contributed by atoms with E-state index in [0.717, 1.165) is 31.5 Å². The number of hydrogen-bond acceptors (Lipinski definition) is 4. The second-order valence-corrected chi connectivity index (χ2v) is 7.55. The zero-order valence-corrected chi connectivity index (χ0v) is 11.7. The first kappa shape index (κ1) is 13.1. The third-order valence-corrected chi connectivity index (χ3v) is 6.27. The van der Waals surface area contributed by atoms with Crippen LogP contribution in [-0.4, -0.2) is 47.1 Å². The van der Waals surface area contributed by atoms with Gasteiger partial charge >= 0.3 is 0 Å². The van der Waals surface area contributed by atoms with Crippen LogP contribution in [0, 0.1) is 0 Å². The van der Waals surface area contributed by atoms with E-state index in [9.17, 15) is 8.42 Å². The van der Waals surface area contributed by atoms with Gasteiger partial charge in [-0.05, 0) is 25.7 Å². The summed E-state index contributed by atoms with van der Waals surface area (Å²) in [5.41, 5.74) is 0. The quantitative estimate of drug-likeness (QED) is 0.823. The van der Waals surface area contributed by atoms with Gasteiger partial charge in [-0.2, -0.15) is 0 Å². The van der Waals surface area contributed by atoms with Crippen LogP contribution >= 0.6 is 0 Å². The SMILES string of the molecule is O=S(=O)(C1CC1)N1CCC(NCc2ncc[nH]2)CC1. The number of H-pyrrole nitrogens is 1. The number of imidazole rings is 1. The lowest BCUT2D eigenvalue weighted by Gasteiger charge is -2.31. The van der Waals surface area contributed by atoms with Crippen molar-refractivity contribution in [3.63, 3.8) is 0 Å². The van der Waals surface area contributed by atoms with E-state index >= 15 is 0 Å². The molecule has 0 spiro atoms. The van der Waals surface area contributed by atoms with Crippen LogP contribution in [0.3, 0.4) is 0 Å². The lowest BCUT2D eigenvalue weighted by Crippen LogP contribution is -2.45. The summed E-state index contributed by atoms with van der Waals surface area (Å²) < 4.78 is 25.9. The normalized spacial score (nSPS) is 22.7. The molecule has 0 radical (unpaired) electrons. The third-order valence-electron chi connectivity index (χ3n) is 3.87. The predicted molar refractivity (Wildman–Crippen MR) is 72.0 cm³/mol. The summed E-state index contributed by atoms with van der Waals surface area (Å²) in [6.45, 7) is 2.01. The summed E-state index contributed by atoms with van der Waals surface area (Å²) in [4.78, 5) is 7.21. The van der Waals surface area contributed by atoms with Gasteiger partial charge in [-0.1, -0.05) is 0 Å². The van der Waals surface area contributed by atoms with Gasteiger partial charge in [0.05, 0.1) is 11.8 Å². The summed E-state index contributed by atoms with van der Waals surface area (Å²) in [5, 5.41) is 3.34. The maximum Gasteiger partial charge on any atom is 0.216 e. The number of aromatic amines is 1. The molecule has 2 aliphatic rings. The highest BCUT2D eigenvalue weighted by Gasteiger charge is 2.41. The maximum atomic E-state index is 12.1. The number of piperidine rings is 1. The van der Waals surface area contributed by atoms with E-state index in [0.29, 0.717) is 25.7 Å². The largest absolute Gasteiger partial charge is 0.348 e. The van der Waals surface area contributed by atoms with Crippen LogP contribution in [0.25, 0.3) is 0 Å². The second kappa shape index (κ2) is 5.22. The van der Waals surface area contributed by atoms with Crippen molar-refractivity contribution in [3.8, 4) is 0 Å². The standard InChI is InChI=1S/C12H20N4O2S/c17-19(18,11-1-2-11)16-7-3-10(4-8-16)15-9-12-13-5-6-14-12/h5-6,10-11,15H,1-4,7-9H2,(H,13,14). The number of nitrogens with one attached hydrogen (secondary N) is 2. The number of rotatable bonds is 5. The molecule has 1 aromatic heterocycles. The Balaban J connectivity index is 1.47. The van der Waals surface area contributed by atoms with Crippen LogP contribution in [0.15, 0.2) is 12.4 Å². The van der Waals surface area contributed by atoms with E-state index in [4.69, 9.17) is 0 Å². The molecule has 6 nitrogen and oxygen atoms in total. The van der Waals surface area contributed by atoms with Gasteiger partial charge in [0.25, 0.3) is 0 Å². The molecule has 1 saturated heterocycles. The van der Waals surface area contributed by atoms with Crippen molar-refractivity contribution >= 4 is 10.0 Å². The molecular formula is C12H20N4O2S. The van der Waals surface area contributed by atoms with Crippen LogP contribution in [0.4, 0.5) is 0 Å². The number of aromatic nitrogens is 2. The van der Waals surface area contributed by atoms with Crippen LogP contribution in [0.2, 0.25) is 0 Å². The van der Waals surface area contributed by atoms with Gasteiger partial charge in [0.15, 0.2) is 0 Å². The molecular weight excluding hydrogens is 264 g/mol. The Morgan fingerprint density at radius 3 is 2.63 bits per heavy atom. The molecule has 1 aliphatic heterocycles. The van der Waals surface area contributed by atoms with Crippen LogP contribution < -0.4 is 5.32 Å². The van der Waals surface area contributed by atoms with Crippen molar-refractivity contribution in [2.45, 2.75) is 43.5 Å². The molecule has 0 amide bonds. The second-order valence-electron chi connectivity index (χ2n) is 5.33. The lowest BCUT2D eigenvalue weighted by atomic mass is 10.1.